The number of fused-ring (bicyclic) bond motifs is 13. The fourth-order valence-electron chi connectivity index (χ4n) is 18.2. The van der Waals surface area contributed by atoms with Gasteiger partial charge >= 0.3 is 0 Å². The van der Waals surface area contributed by atoms with Gasteiger partial charge in [0, 0.05) is 0 Å². The molecule has 0 amide bonds. The van der Waals surface area contributed by atoms with E-state index in [-0.39, 0.29) is 0 Å². The van der Waals surface area contributed by atoms with Crippen molar-refractivity contribution in [1.29, 1.82) is 0 Å². The third-order valence-electron chi connectivity index (χ3n) is 21.0. The molecule has 0 aromatic rings. The Hall–Kier alpha value is 0. The summed E-state index contributed by atoms with van der Waals surface area (Å²) in [5, 5.41) is 0. The Kier molecular flexibility index (Phi) is 10.1. The van der Waals surface area contributed by atoms with Crippen molar-refractivity contribution in [3.05, 3.63) is 0 Å². The predicted molar refractivity (Wildman–Crippen MR) is 210 cm³/mol. The van der Waals surface area contributed by atoms with Crippen molar-refractivity contribution >= 4 is 0 Å². The lowest BCUT2D eigenvalue weighted by Crippen LogP contribution is -2.53. The zero-order valence-corrected chi connectivity index (χ0v) is 34.3. The van der Waals surface area contributed by atoms with E-state index >= 15 is 0 Å². The van der Waals surface area contributed by atoms with Crippen molar-refractivity contribution in [1.82, 2.24) is 0 Å². The Bertz CT molecular complexity index is 1090. The minimum Gasteiger partial charge on any atom is -0.0649 e. The molecule has 8 aliphatic carbocycles. The monoisotopic (exact) mass is 673 g/mol. The van der Waals surface area contributed by atoms with Gasteiger partial charge in [-0.2, -0.15) is 0 Å². The van der Waals surface area contributed by atoms with Gasteiger partial charge in [0.05, 0.1) is 0 Å². The largest absolute Gasteiger partial charge is 0.0649 e. The van der Waals surface area contributed by atoms with Crippen molar-refractivity contribution in [3.63, 3.8) is 0 Å². The van der Waals surface area contributed by atoms with Crippen molar-refractivity contribution in [2.45, 2.75) is 197 Å². The quantitative estimate of drug-likeness (QED) is 0.241. The zero-order valence-electron chi connectivity index (χ0n) is 34.3. The average Bonchev–Trinajstić information content (AvgIpc) is 3.64. The number of hydrogen-bond donors (Lipinski definition) is 0. The molecule has 0 aliphatic heterocycles. The van der Waals surface area contributed by atoms with E-state index in [1.165, 1.54) is 32.1 Å². The maximum absolute atomic E-state index is 2.77. The SMILES string of the molecule is CCC(C)(CC)C1CC(C(C)(CC)CC)CC2(C1)C1CCC3CC4C5CCCCC5CCC4C3C1C1CC(CC(C)C)C3CCCCC3C12. The van der Waals surface area contributed by atoms with E-state index in [9.17, 15) is 0 Å². The summed E-state index contributed by atoms with van der Waals surface area (Å²) >= 11 is 0. The molecule has 280 valence electrons. The summed E-state index contributed by atoms with van der Waals surface area (Å²) < 4.78 is 0. The topological polar surface area (TPSA) is 0 Å². The lowest BCUT2D eigenvalue weighted by molar-refractivity contribution is -0.115. The number of rotatable bonds is 8. The molecule has 1 spiro atoms. The molecule has 15 unspecified atom stereocenters. The Morgan fingerprint density at radius 1 is 0.531 bits per heavy atom. The second-order valence-corrected chi connectivity index (χ2v) is 22.4. The van der Waals surface area contributed by atoms with E-state index in [2.05, 4.69) is 55.4 Å². The molecule has 0 heterocycles. The average molecular weight is 673 g/mol. The summed E-state index contributed by atoms with van der Waals surface area (Å²) in [6, 6.07) is 0. The van der Waals surface area contributed by atoms with Crippen LogP contribution in [0.15, 0.2) is 0 Å². The summed E-state index contributed by atoms with van der Waals surface area (Å²) in [5.41, 5.74) is 1.70. The van der Waals surface area contributed by atoms with Gasteiger partial charge in [0.25, 0.3) is 0 Å². The molecule has 0 N–H and O–H groups in total. The normalized spacial score (nSPS) is 49.5. The molecule has 8 rings (SSSR count). The van der Waals surface area contributed by atoms with Gasteiger partial charge in [0.15, 0.2) is 0 Å². The van der Waals surface area contributed by atoms with E-state index in [4.69, 9.17) is 0 Å². The lowest BCUT2D eigenvalue weighted by atomic mass is 9.44. The van der Waals surface area contributed by atoms with Crippen LogP contribution in [-0.2, 0) is 0 Å². The zero-order chi connectivity index (χ0) is 34.3. The van der Waals surface area contributed by atoms with Crippen molar-refractivity contribution in [2.75, 3.05) is 0 Å². The van der Waals surface area contributed by atoms with Crippen LogP contribution >= 0.6 is 0 Å². The Balaban J connectivity index is 1.25. The molecule has 8 saturated carbocycles. The van der Waals surface area contributed by atoms with Gasteiger partial charge in [-0.3, -0.25) is 0 Å². The lowest BCUT2D eigenvalue weighted by Gasteiger charge is -2.60. The Labute approximate surface area is 306 Å². The summed E-state index contributed by atoms with van der Waals surface area (Å²) in [7, 11) is 0. The first kappa shape index (κ1) is 36.0. The van der Waals surface area contributed by atoms with Crippen LogP contribution in [0, 0.1) is 111 Å². The van der Waals surface area contributed by atoms with Gasteiger partial charge in [0.1, 0.15) is 0 Å². The van der Waals surface area contributed by atoms with Crippen LogP contribution in [0.1, 0.15) is 197 Å². The van der Waals surface area contributed by atoms with E-state index in [1.807, 2.05) is 0 Å². The predicted octanol–water partition coefficient (Wildman–Crippen LogP) is 14.7. The molecule has 8 fully saturated rings. The van der Waals surface area contributed by atoms with Crippen LogP contribution in [0.5, 0.6) is 0 Å². The summed E-state index contributed by atoms with van der Waals surface area (Å²) in [5.74, 6) is 16.9. The Morgan fingerprint density at radius 2 is 1.12 bits per heavy atom. The molecule has 49 heavy (non-hydrogen) atoms. The summed E-state index contributed by atoms with van der Waals surface area (Å²) in [6.07, 6.45) is 34.4. The third kappa shape index (κ3) is 5.66. The summed E-state index contributed by atoms with van der Waals surface area (Å²) in [4.78, 5) is 0. The molecular weight excluding hydrogens is 589 g/mol. The van der Waals surface area contributed by atoms with E-state index in [1.54, 1.807) is 109 Å². The van der Waals surface area contributed by atoms with Crippen LogP contribution < -0.4 is 0 Å². The summed E-state index contributed by atoms with van der Waals surface area (Å²) in [6.45, 7) is 21.0. The fraction of sp³-hybridized carbons (Fsp3) is 1.00. The van der Waals surface area contributed by atoms with Gasteiger partial charge in [0.2, 0.25) is 0 Å². The van der Waals surface area contributed by atoms with Gasteiger partial charge in [-0.25, -0.2) is 0 Å². The highest BCUT2D eigenvalue weighted by Gasteiger charge is 2.71. The van der Waals surface area contributed by atoms with E-state index < -0.39 is 0 Å². The molecule has 15 atom stereocenters. The molecule has 0 aromatic heterocycles. The highest BCUT2D eigenvalue weighted by molar-refractivity contribution is 5.19. The molecule has 0 bridgehead atoms. The standard InChI is InChI=1S/C49H84/c1-9-47(7,10-2)35-28-36(48(8,11-3)12-4)30-49(29-35)43-24-22-33-26-41-37-18-14-13-17-32(37)21-23-39(41)44(33)45(43)42-27-34(25-31(5)6)38-19-15-16-20-40(38)46(42)49/h31-46H,9-30H2,1-8H3. The molecule has 0 saturated heterocycles. The van der Waals surface area contributed by atoms with Crippen molar-refractivity contribution in [2.24, 2.45) is 111 Å². The van der Waals surface area contributed by atoms with E-state index in [0.717, 1.165) is 94.7 Å². The fourth-order valence-corrected chi connectivity index (χ4v) is 18.2. The van der Waals surface area contributed by atoms with E-state index in [0.29, 0.717) is 16.2 Å². The molecule has 0 radical (unpaired) electrons. The minimum atomic E-state index is 0.525. The highest BCUT2D eigenvalue weighted by atomic mass is 14.8. The second-order valence-electron chi connectivity index (χ2n) is 22.4. The Morgan fingerprint density at radius 3 is 1.76 bits per heavy atom. The molecule has 8 aliphatic rings. The van der Waals surface area contributed by atoms with Gasteiger partial charge in [-0.15, -0.1) is 0 Å². The van der Waals surface area contributed by atoms with Crippen molar-refractivity contribution < 1.29 is 0 Å². The van der Waals surface area contributed by atoms with Gasteiger partial charge in [-0.1, -0.05) is 113 Å². The molecule has 0 nitrogen and oxygen atoms in total. The van der Waals surface area contributed by atoms with Crippen LogP contribution in [0.3, 0.4) is 0 Å². The third-order valence-corrected chi connectivity index (χ3v) is 21.0. The van der Waals surface area contributed by atoms with Gasteiger partial charge in [-0.05, 0) is 194 Å². The first-order valence-corrected chi connectivity index (χ1v) is 23.6. The van der Waals surface area contributed by atoms with Crippen LogP contribution in [-0.4, -0.2) is 0 Å². The second kappa shape index (κ2) is 13.7. The minimum absolute atomic E-state index is 0.525. The highest BCUT2D eigenvalue weighted by Crippen LogP contribution is 2.78. The maximum atomic E-state index is 2.77. The van der Waals surface area contributed by atoms with Gasteiger partial charge < -0.3 is 0 Å². The molecule has 0 heteroatoms. The van der Waals surface area contributed by atoms with Crippen LogP contribution in [0.2, 0.25) is 0 Å². The van der Waals surface area contributed by atoms with Crippen LogP contribution in [0.25, 0.3) is 0 Å². The maximum Gasteiger partial charge on any atom is -0.0227 e. The first-order chi connectivity index (χ1) is 23.6. The first-order valence-electron chi connectivity index (χ1n) is 23.6. The van der Waals surface area contributed by atoms with Crippen LogP contribution in [0.4, 0.5) is 0 Å². The smallest absolute Gasteiger partial charge is 0.0227 e. The molecular formula is C49H84. The van der Waals surface area contributed by atoms with Crippen molar-refractivity contribution in [3.8, 4) is 0 Å². The number of hydrogen-bond acceptors (Lipinski definition) is 0. The molecule has 0 aromatic carbocycles.